The molecule has 2 heterocycles. The SMILES string of the molecule is Cc1ccn2c(C)cnc2c1C(=O)O. The van der Waals surface area contributed by atoms with Gasteiger partial charge in [-0.15, -0.1) is 0 Å². The zero-order chi connectivity index (χ0) is 10.3. The van der Waals surface area contributed by atoms with Gasteiger partial charge in [-0.1, -0.05) is 0 Å². The van der Waals surface area contributed by atoms with Crippen LogP contribution in [0.3, 0.4) is 0 Å². The lowest BCUT2D eigenvalue weighted by atomic mass is 10.1. The van der Waals surface area contributed by atoms with Gasteiger partial charge in [0.15, 0.2) is 5.65 Å². The number of imidazole rings is 1. The maximum absolute atomic E-state index is 11.0. The average Bonchev–Trinajstić information content (AvgIpc) is 2.47. The molecule has 0 bridgehead atoms. The number of carboxylic acids is 1. The lowest BCUT2D eigenvalue weighted by Gasteiger charge is -2.03. The highest BCUT2D eigenvalue weighted by Gasteiger charge is 2.14. The summed E-state index contributed by atoms with van der Waals surface area (Å²) in [6.45, 7) is 3.66. The minimum atomic E-state index is -0.932. The van der Waals surface area contributed by atoms with Crippen LogP contribution in [0, 0.1) is 13.8 Å². The fraction of sp³-hybridized carbons (Fsp3) is 0.200. The van der Waals surface area contributed by atoms with E-state index >= 15 is 0 Å². The van der Waals surface area contributed by atoms with E-state index in [2.05, 4.69) is 4.98 Å². The second-order valence-corrected chi connectivity index (χ2v) is 3.27. The standard InChI is InChI=1S/C10H10N2O2/c1-6-3-4-12-7(2)5-11-9(12)8(6)10(13)14/h3-5H,1-2H3,(H,13,14). The molecule has 2 rings (SSSR count). The van der Waals surface area contributed by atoms with Crippen LogP contribution in [0.2, 0.25) is 0 Å². The quantitative estimate of drug-likeness (QED) is 0.743. The summed E-state index contributed by atoms with van der Waals surface area (Å²) in [5, 5.41) is 9.02. The molecule has 1 N–H and O–H groups in total. The van der Waals surface area contributed by atoms with Gasteiger partial charge in [0, 0.05) is 18.1 Å². The van der Waals surface area contributed by atoms with Crippen LogP contribution in [0.4, 0.5) is 0 Å². The Bertz CT molecular complexity index is 514. The zero-order valence-corrected chi connectivity index (χ0v) is 7.98. The highest BCUT2D eigenvalue weighted by Crippen LogP contribution is 2.15. The summed E-state index contributed by atoms with van der Waals surface area (Å²) < 4.78 is 1.77. The molecule has 14 heavy (non-hydrogen) atoms. The third kappa shape index (κ3) is 1.08. The van der Waals surface area contributed by atoms with Crippen LogP contribution >= 0.6 is 0 Å². The Morgan fingerprint density at radius 3 is 2.86 bits per heavy atom. The Labute approximate surface area is 80.8 Å². The van der Waals surface area contributed by atoms with Gasteiger partial charge in [0.1, 0.15) is 5.56 Å². The van der Waals surface area contributed by atoms with Crippen LogP contribution < -0.4 is 0 Å². The molecule has 0 unspecified atom stereocenters. The van der Waals surface area contributed by atoms with Crippen LogP contribution in [0.5, 0.6) is 0 Å². The van der Waals surface area contributed by atoms with Crippen LogP contribution in [-0.4, -0.2) is 20.5 Å². The van der Waals surface area contributed by atoms with Crippen molar-refractivity contribution >= 4 is 11.6 Å². The Morgan fingerprint density at radius 2 is 2.21 bits per heavy atom. The van der Waals surface area contributed by atoms with Gasteiger partial charge in [-0.3, -0.25) is 0 Å². The van der Waals surface area contributed by atoms with Crippen molar-refractivity contribution in [1.82, 2.24) is 9.38 Å². The smallest absolute Gasteiger partial charge is 0.339 e. The van der Waals surface area contributed by atoms with E-state index in [1.165, 1.54) is 0 Å². The number of fused-ring (bicyclic) bond motifs is 1. The molecular weight excluding hydrogens is 180 g/mol. The summed E-state index contributed by atoms with van der Waals surface area (Å²) in [4.78, 5) is 15.1. The summed E-state index contributed by atoms with van der Waals surface area (Å²) in [6.07, 6.45) is 3.50. The van der Waals surface area contributed by atoms with Gasteiger partial charge in [-0.25, -0.2) is 9.78 Å². The lowest BCUT2D eigenvalue weighted by molar-refractivity contribution is 0.0697. The van der Waals surface area contributed by atoms with E-state index in [1.807, 2.05) is 13.1 Å². The molecule has 0 radical (unpaired) electrons. The number of nitrogens with zero attached hydrogens (tertiary/aromatic N) is 2. The van der Waals surface area contributed by atoms with Gasteiger partial charge in [-0.2, -0.15) is 0 Å². The van der Waals surface area contributed by atoms with Gasteiger partial charge < -0.3 is 9.51 Å². The highest BCUT2D eigenvalue weighted by atomic mass is 16.4. The monoisotopic (exact) mass is 190 g/mol. The summed E-state index contributed by atoms with van der Waals surface area (Å²) in [5.74, 6) is -0.932. The second-order valence-electron chi connectivity index (χ2n) is 3.27. The Morgan fingerprint density at radius 1 is 1.50 bits per heavy atom. The van der Waals surface area contributed by atoms with E-state index in [1.54, 1.807) is 23.6 Å². The molecular formula is C10H10N2O2. The first-order chi connectivity index (χ1) is 6.61. The molecule has 2 aromatic heterocycles. The summed E-state index contributed by atoms with van der Waals surface area (Å²) >= 11 is 0. The maximum atomic E-state index is 11.0. The van der Waals surface area contributed by atoms with Gasteiger partial charge in [0.2, 0.25) is 0 Å². The molecule has 0 aromatic carbocycles. The van der Waals surface area contributed by atoms with Crippen molar-refractivity contribution in [1.29, 1.82) is 0 Å². The molecule has 0 fully saturated rings. The molecule has 0 atom stereocenters. The van der Waals surface area contributed by atoms with Crippen molar-refractivity contribution in [3.8, 4) is 0 Å². The third-order valence-electron chi connectivity index (χ3n) is 2.29. The van der Waals surface area contributed by atoms with E-state index in [4.69, 9.17) is 5.11 Å². The molecule has 0 aliphatic rings. The summed E-state index contributed by atoms with van der Waals surface area (Å²) in [7, 11) is 0. The first kappa shape index (κ1) is 8.74. The fourth-order valence-corrected chi connectivity index (χ4v) is 1.53. The van der Waals surface area contributed by atoms with Crippen molar-refractivity contribution < 1.29 is 9.90 Å². The molecule has 4 heteroatoms. The first-order valence-corrected chi connectivity index (χ1v) is 4.28. The molecule has 0 aliphatic carbocycles. The lowest BCUT2D eigenvalue weighted by Crippen LogP contribution is -2.04. The molecule has 0 saturated carbocycles. The third-order valence-corrected chi connectivity index (χ3v) is 2.29. The number of carboxylic acid groups (broad SMARTS) is 1. The average molecular weight is 190 g/mol. The van der Waals surface area contributed by atoms with Crippen LogP contribution in [-0.2, 0) is 0 Å². The van der Waals surface area contributed by atoms with Crippen LogP contribution in [0.1, 0.15) is 21.6 Å². The van der Waals surface area contributed by atoms with Crippen molar-refractivity contribution in [2.75, 3.05) is 0 Å². The number of rotatable bonds is 1. The largest absolute Gasteiger partial charge is 0.478 e. The van der Waals surface area contributed by atoms with Gasteiger partial charge >= 0.3 is 5.97 Å². The molecule has 0 spiro atoms. The Kier molecular flexibility index (Phi) is 1.77. The van der Waals surface area contributed by atoms with Crippen molar-refractivity contribution in [2.24, 2.45) is 0 Å². The predicted octanol–water partition coefficient (Wildman–Crippen LogP) is 1.65. The minimum absolute atomic E-state index is 0.278. The summed E-state index contributed by atoms with van der Waals surface area (Å²) in [6, 6.07) is 1.78. The zero-order valence-electron chi connectivity index (χ0n) is 7.98. The van der Waals surface area contributed by atoms with Gasteiger partial charge in [-0.05, 0) is 25.5 Å². The number of hydrogen-bond acceptors (Lipinski definition) is 2. The van der Waals surface area contributed by atoms with Gasteiger partial charge in [0.05, 0.1) is 0 Å². The van der Waals surface area contributed by atoms with E-state index < -0.39 is 5.97 Å². The summed E-state index contributed by atoms with van der Waals surface area (Å²) in [5.41, 5.74) is 2.45. The Hall–Kier alpha value is -1.84. The highest BCUT2D eigenvalue weighted by molar-refractivity contribution is 5.96. The predicted molar refractivity (Wildman–Crippen MR) is 51.6 cm³/mol. The first-order valence-electron chi connectivity index (χ1n) is 4.28. The number of pyridine rings is 1. The topological polar surface area (TPSA) is 54.6 Å². The normalized spacial score (nSPS) is 10.7. The van der Waals surface area contributed by atoms with Crippen molar-refractivity contribution in [3.63, 3.8) is 0 Å². The minimum Gasteiger partial charge on any atom is -0.478 e. The van der Waals surface area contributed by atoms with E-state index in [0.717, 1.165) is 11.3 Å². The van der Waals surface area contributed by atoms with E-state index in [0.29, 0.717) is 5.65 Å². The number of carbonyl (C=O) groups is 1. The number of hydrogen-bond donors (Lipinski definition) is 1. The van der Waals surface area contributed by atoms with Gasteiger partial charge in [0.25, 0.3) is 0 Å². The molecule has 2 aromatic rings. The molecule has 72 valence electrons. The maximum Gasteiger partial charge on any atom is 0.339 e. The molecule has 0 aliphatic heterocycles. The van der Waals surface area contributed by atoms with E-state index in [9.17, 15) is 4.79 Å². The van der Waals surface area contributed by atoms with Crippen LogP contribution in [0.15, 0.2) is 18.5 Å². The number of aromatic carboxylic acids is 1. The number of aryl methyl sites for hydroxylation is 2. The fourth-order valence-electron chi connectivity index (χ4n) is 1.53. The van der Waals surface area contributed by atoms with Crippen molar-refractivity contribution in [3.05, 3.63) is 35.3 Å². The number of aromatic nitrogens is 2. The Balaban J connectivity index is 2.90. The molecule has 4 nitrogen and oxygen atoms in total. The van der Waals surface area contributed by atoms with E-state index in [-0.39, 0.29) is 5.56 Å². The molecule has 0 amide bonds. The second kappa shape index (κ2) is 2.83. The molecule has 0 saturated heterocycles. The van der Waals surface area contributed by atoms with Crippen LogP contribution in [0.25, 0.3) is 5.65 Å². The van der Waals surface area contributed by atoms with Crippen molar-refractivity contribution in [2.45, 2.75) is 13.8 Å².